The average Bonchev–Trinajstić information content (AvgIpc) is 2.71. The van der Waals surface area contributed by atoms with E-state index in [0.717, 1.165) is 24.6 Å². The number of benzene rings is 1. The topological polar surface area (TPSA) is 66.0 Å². The van der Waals surface area contributed by atoms with Crippen molar-refractivity contribution in [2.45, 2.75) is 33.4 Å². The summed E-state index contributed by atoms with van der Waals surface area (Å²) in [5.74, 6) is 2.43. The molecule has 5 heteroatoms. The van der Waals surface area contributed by atoms with Crippen LogP contribution >= 0.6 is 0 Å². The molecule has 1 aromatic heterocycles. The predicted octanol–water partition coefficient (Wildman–Crippen LogP) is 2.16. The highest BCUT2D eigenvalue weighted by Crippen LogP contribution is 2.20. The zero-order valence-corrected chi connectivity index (χ0v) is 10.8. The van der Waals surface area contributed by atoms with Crippen molar-refractivity contribution in [1.82, 2.24) is 14.8 Å². The molecule has 96 valence electrons. The fraction of sp³-hybridized carbons (Fsp3) is 0.385. The average molecular weight is 246 g/mol. The van der Waals surface area contributed by atoms with Crippen molar-refractivity contribution in [1.29, 1.82) is 0 Å². The molecule has 5 nitrogen and oxygen atoms in total. The van der Waals surface area contributed by atoms with E-state index in [2.05, 4.69) is 21.7 Å². The van der Waals surface area contributed by atoms with E-state index in [1.807, 2.05) is 31.2 Å². The number of hydrogen-bond acceptors (Lipinski definition) is 4. The van der Waals surface area contributed by atoms with Gasteiger partial charge in [0.15, 0.2) is 5.82 Å². The van der Waals surface area contributed by atoms with E-state index in [-0.39, 0.29) is 0 Å². The number of nitrogen functional groups attached to an aromatic ring is 1. The second kappa shape index (κ2) is 5.53. The summed E-state index contributed by atoms with van der Waals surface area (Å²) in [6.45, 7) is 5.36. The number of nitrogens with zero attached hydrogens (tertiary/aromatic N) is 3. The second-order valence-electron chi connectivity index (χ2n) is 4.14. The molecule has 0 aliphatic carbocycles. The minimum atomic E-state index is 0.384. The number of nitrogens with two attached hydrogens (primary N) is 1. The van der Waals surface area contributed by atoms with Crippen molar-refractivity contribution >= 4 is 5.69 Å². The number of anilines is 1. The van der Waals surface area contributed by atoms with E-state index in [1.165, 1.54) is 0 Å². The molecule has 0 amide bonds. The van der Waals surface area contributed by atoms with Crippen molar-refractivity contribution in [3.05, 3.63) is 35.9 Å². The van der Waals surface area contributed by atoms with Crippen molar-refractivity contribution in [3.8, 4) is 5.75 Å². The van der Waals surface area contributed by atoms with Crippen LogP contribution in [0.5, 0.6) is 5.75 Å². The highest BCUT2D eigenvalue weighted by atomic mass is 16.5. The van der Waals surface area contributed by atoms with E-state index < -0.39 is 0 Å². The van der Waals surface area contributed by atoms with Gasteiger partial charge >= 0.3 is 0 Å². The molecular formula is C13H18N4O. The fourth-order valence-electron chi connectivity index (χ4n) is 1.80. The van der Waals surface area contributed by atoms with E-state index in [0.29, 0.717) is 18.0 Å². The Morgan fingerprint density at radius 2 is 2.06 bits per heavy atom. The summed E-state index contributed by atoms with van der Waals surface area (Å²) in [6, 6.07) is 7.44. The van der Waals surface area contributed by atoms with Gasteiger partial charge in [0.25, 0.3) is 0 Å². The van der Waals surface area contributed by atoms with Gasteiger partial charge in [0.2, 0.25) is 0 Å². The van der Waals surface area contributed by atoms with Gasteiger partial charge in [0.1, 0.15) is 18.2 Å². The monoisotopic (exact) mass is 246 g/mol. The number of ether oxygens (including phenoxy) is 1. The second-order valence-corrected chi connectivity index (χ2v) is 4.14. The summed E-state index contributed by atoms with van der Waals surface area (Å²) < 4.78 is 7.74. The van der Waals surface area contributed by atoms with Crippen LogP contribution in [-0.4, -0.2) is 14.8 Å². The summed E-state index contributed by atoms with van der Waals surface area (Å²) in [5, 5.41) is 8.20. The number of aromatic nitrogens is 3. The zero-order chi connectivity index (χ0) is 13.0. The van der Waals surface area contributed by atoms with Crippen LogP contribution in [0.4, 0.5) is 5.69 Å². The Hall–Kier alpha value is -2.04. The van der Waals surface area contributed by atoms with Gasteiger partial charge in [-0.1, -0.05) is 19.1 Å². The first-order valence-electron chi connectivity index (χ1n) is 6.08. The molecule has 0 bridgehead atoms. The number of rotatable bonds is 5. The molecule has 0 aliphatic rings. The van der Waals surface area contributed by atoms with Gasteiger partial charge < -0.3 is 15.0 Å². The van der Waals surface area contributed by atoms with Gasteiger partial charge in [-0.2, -0.15) is 0 Å². The van der Waals surface area contributed by atoms with Gasteiger partial charge in [0.05, 0.1) is 5.69 Å². The Labute approximate surface area is 107 Å². The molecule has 2 rings (SSSR count). The molecule has 1 aromatic carbocycles. The largest absolute Gasteiger partial charge is 0.483 e. The van der Waals surface area contributed by atoms with E-state index in [4.69, 9.17) is 10.5 Å². The van der Waals surface area contributed by atoms with Gasteiger partial charge in [-0.25, -0.2) is 0 Å². The molecule has 2 N–H and O–H groups in total. The van der Waals surface area contributed by atoms with Gasteiger partial charge in [-0.15, -0.1) is 10.2 Å². The first-order valence-corrected chi connectivity index (χ1v) is 6.08. The Balaban J connectivity index is 2.09. The highest BCUT2D eigenvalue weighted by Gasteiger charge is 2.09. The summed E-state index contributed by atoms with van der Waals surface area (Å²) in [5.41, 5.74) is 6.45. The van der Waals surface area contributed by atoms with Crippen molar-refractivity contribution in [2.75, 3.05) is 5.73 Å². The van der Waals surface area contributed by atoms with Crippen LogP contribution in [0.1, 0.15) is 25.0 Å². The van der Waals surface area contributed by atoms with Crippen molar-refractivity contribution in [3.63, 3.8) is 0 Å². The van der Waals surface area contributed by atoms with Crippen LogP contribution in [0, 0.1) is 6.92 Å². The maximum Gasteiger partial charge on any atom is 0.171 e. The molecule has 0 aliphatic heterocycles. The summed E-state index contributed by atoms with van der Waals surface area (Å²) in [6.07, 6.45) is 1.04. The summed E-state index contributed by atoms with van der Waals surface area (Å²) >= 11 is 0. The van der Waals surface area contributed by atoms with Crippen LogP contribution in [0.2, 0.25) is 0 Å². The molecule has 0 atom stereocenters. The highest BCUT2D eigenvalue weighted by molar-refractivity contribution is 5.51. The molecular weight excluding hydrogens is 228 g/mol. The van der Waals surface area contributed by atoms with Crippen LogP contribution in [0.15, 0.2) is 24.3 Å². The fourth-order valence-corrected chi connectivity index (χ4v) is 1.80. The van der Waals surface area contributed by atoms with Crippen LogP contribution in [0.3, 0.4) is 0 Å². The zero-order valence-electron chi connectivity index (χ0n) is 10.8. The number of aryl methyl sites for hydroxylation is 1. The standard InChI is InChI=1S/C13H18N4O/c1-3-8-17-10(2)15-16-13(17)9-18-12-7-5-4-6-11(12)14/h4-7H,3,8-9,14H2,1-2H3. The van der Waals surface area contributed by atoms with Crippen molar-refractivity contribution in [2.24, 2.45) is 0 Å². The van der Waals surface area contributed by atoms with Gasteiger partial charge in [0, 0.05) is 6.54 Å². The maximum absolute atomic E-state index is 5.82. The lowest BCUT2D eigenvalue weighted by Gasteiger charge is -2.10. The number of hydrogen-bond donors (Lipinski definition) is 1. The quantitative estimate of drug-likeness (QED) is 0.821. The predicted molar refractivity (Wildman–Crippen MR) is 70.2 cm³/mol. The molecule has 0 unspecified atom stereocenters. The Kier molecular flexibility index (Phi) is 3.82. The SMILES string of the molecule is CCCn1c(C)nnc1COc1ccccc1N. The molecule has 0 radical (unpaired) electrons. The summed E-state index contributed by atoms with van der Waals surface area (Å²) in [7, 11) is 0. The van der Waals surface area contributed by atoms with Crippen LogP contribution in [0.25, 0.3) is 0 Å². The molecule has 0 fully saturated rings. The number of para-hydroxylation sites is 2. The molecule has 18 heavy (non-hydrogen) atoms. The van der Waals surface area contributed by atoms with Crippen LogP contribution in [-0.2, 0) is 13.2 Å². The first kappa shape index (κ1) is 12.4. The van der Waals surface area contributed by atoms with E-state index >= 15 is 0 Å². The summed E-state index contributed by atoms with van der Waals surface area (Å²) in [4.78, 5) is 0. The third kappa shape index (κ3) is 2.61. The smallest absolute Gasteiger partial charge is 0.171 e. The van der Waals surface area contributed by atoms with Crippen LogP contribution < -0.4 is 10.5 Å². The molecule has 0 saturated carbocycles. The Morgan fingerprint density at radius 1 is 1.28 bits per heavy atom. The van der Waals surface area contributed by atoms with E-state index in [1.54, 1.807) is 0 Å². The third-order valence-corrected chi connectivity index (χ3v) is 2.74. The molecule has 0 spiro atoms. The lowest BCUT2D eigenvalue weighted by molar-refractivity contribution is 0.290. The Morgan fingerprint density at radius 3 is 2.78 bits per heavy atom. The molecule has 2 aromatic rings. The first-order chi connectivity index (χ1) is 8.72. The lowest BCUT2D eigenvalue weighted by atomic mass is 10.3. The lowest BCUT2D eigenvalue weighted by Crippen LogP contribution is -2.09. The maximum atomic E-state index is 5.82. The van der Waals surface area contributed by atoms with Gasteiger partial charge in [-0.3, -0.25) is 0 Å². The Bertz CT molecular complexity index is 521. The minimum Gasteiger partial charge on any atom is -0.483 e. The normalized spacial score (nSPS) is 10.6. The van der Waals surface area contributed by atoms with Crippen molar-refractivity contribution < 1.29 is 4.74 Å². The van der Waals surface area contributed by atoms with Gasteiger partial charge in [-0.05, 0) is 25.5 Å². The van der Waals surface area contributed by atoms with E-state index in [9.17, 15) is 0 Å². The molecule has 0 saturated heterocycles. The molecule has 1 heterocycles. The minimum absolute atomic E-state index is 0.384. The third-order valence-electron chi connectivity index (χ3n) is 2.74.